The summed E-state index contributed by atoms with van der Waals surface area (Å²) in [6, 6.07) is 8.18. The van der Waals surface area contributed by atoms with Gasteiger partial charge in [0.15, 0.2) is 0 Å². The number of aliphatic hydroxyl groups is 1. The third kappa shape index (κ3) is 4.31. The SMILES string of the molecule is CCn1c(=O)n([C@@H]2CCN(CC3CCCCCCC3)C[C@@H]2CO)c2ccccc21. The van der Waals surface area contributed by atoms with Crippen LogP contribution in [0.5, 0.6) is 0 Å². The van der Waals surface area contributed by atoms with Crippen molar-refractivity contribution in [2.75, 3.05) is 26.2 Å². The van der Waals surface area contributed by atoms with Crippen molar-refractivity contribution in [3.8, 4) is 0 Å². The number of aryl methyl sites for hydroxylation is 1. The third-order valence-electron chi connectivity index (χ3n) is 7.27. The fraction of sp³-hybridized carbons (Fsp3) is 0.708. The molecule has 0 amide bonds. The highest BCUT2D eigenvalue weighted by Gasteiger charge is 2.33. The van der Waals surface area contributed by atoms with Crippen LogP contribution >= 0.6 is 0 Å². The summed E-state index contributed by atoms with van der Waals surface area (Å²) in [7, 11) is 0. The Morgan fingerprint density at radius 2 is 1.69 bits per heavy atom. The van der Waals surface area contributed by atoms with Gasteiger partial charge in [-0.1, -0.05) is 44.2 Å². The van der Waals surface area contributed by atoms with E-state index in [0.717, 1.165) is 43.0 Å². The summed E-state index contributed by atoms with van der Waals surface area (Å²) in [5.74, 6) is 0.919. The smallest absolute Gasteiger partial charge is 0.329 e. The zero-order valence-electron chi connectivity index (χ0n) is 17.9. The molecule has 1 saturated carbocycles. The molecule has 0 unspecified atom stereocenters. The molecule has 1 aromatic carbocycles. The molecule has 4 rings (SSSR count). The van der Waals surface area contributed by atoms with Gasteiger partial charge in [-0.2, -0.15) is 0 Å². The summed E-state index contributed by atoms with van der Waals surface area (Å²) in [6.45, 7) is 5.93. The van der Waals surface area contributed by atoms with E-state index in [1.54, 1.807) is 0 Å². The number of benzene rings is 1. The number of hydrogen-bond acceptors (Lipinski definition) is 3. The highest BCUT2D eigenvalue weighted by molar-refractivity contribution is 5.76. The summed E-state index contributed by atoms with van der Waals surface area (Å²) in [4.78, 5) is 15.7. The number of fused-ring (bicyclic) bond motifs is 1. The van der Waals surface area contributed by atoms with Gasteiger partial charge in [-0.05, 0) is 44.2 Å². The van der Waals surface area contributed by atoms with Gasteiger partial charge in [-0.25, -0.2) is 4.79 Å². The number of piperidine rings is 1. The van der Waals surface area contributed by atoms with E-state index in [4.69, 9.17) is 0 Å². The zero-order valence-corrected chi connectivity index (χ0v) is 17.9. The van der Waals surface area contributed by atoms with Crippen molar-refractivity contribution in [2.45, 2.75) is 70.9 Å². The standard InChI is InChI=1S/C24H37N3O2/c1-2-26-22-12-8-9-13-23(22)27(24(26)29)21-14-15-25(17-20(21)18-28)16-19-10-6-4-3-5-7-11-19/h8-9,12-13,19-21,28H,2-7,10-11,14-18H2,1H3/t20-,21-/m1/s1. The number of likely N-dealkylation sites (tertiary alicyclic amines) is 1. The molecular formula is C24H37N3O2. The Labute approximate surface area is 174 Å². The van der Waals surface area contributed by atoms with E-state index in [1.165, 1.54) is 44.9 Å². The van der Waals surface area contributed by atoms with Gasteiger partial charge < -0.3 is 10.0 Å². The maximum Gasteiger partial charge on any atom is 0.329 e. The molecule has 1 saturated heterocycles. The molecule has 0 bridgehead atoms. The van der Waals surface area contributed by atoms with Gasteiger partial charge >= 0.3 is 5.69 Å². The average molecular weight is 400 g/mol. The highest BCUT2D eigenvalue weighted by atomic mass is 16.3. The minimum absolute atomic E-state index is 0.0746. The molecule has 0 spiro atoms. The minimum Gasteiger partial charge on any atom is -0.396 e. The van der Waals surface area contributed by atoms with Crippen molar-refractivity contribution >= 4 is 11.0 Å². The Morgan fingerprint density at radius 3 is 2.38 bits per heavy atom. The lowest BCUT2D eigenvalue weighted by atomic mass is 9.88. The number of aliphatic hydroxyl groups excluding tert-OH is 1. The minimum atomic E-state index is 0.0746. The Hall–Kier alpha value is -1.59. The van der Waals surface area contributed by atoms with E-state index >= 15 is 0 Å². The molecule has 1 N–H and O–H groups in total. The topological polar surface area (TPSA) is 50.4 Å². The van der Waals surface area contributed by atoms with Crippen LogP contribution in [0.1, 0.15) is 64.3 Å². The fourth-order valence-corrected chi connectivity index (χ4v) is 5.73. The summed E-state index contributed by atoms with van der Waals surface area (Å²) in [5.41, 5.74) is 2.09. The van der Waals surface area contributed by atoms with Crippen molar-refractivity contribution in [1.82, 2.24) is 14.0 Å². The summed E-state index contributed by atoms with van der Waals surface area (Å²) >= 11 is 0. The molecule has 1 aliphatic carbocycles. The molecule has 2 fully saturated rings. The quantitative estimate of drug-likeness (QED) is 0.826. The van der Waals surface area contributed by atoms with Gasteiger partial charge in [0.2, 0.25) is 0 Å². The zero-order chi connectivity index (χ0) is 20.2. The molecule has 160 valence electrons. The number of para-hydroxylation sites is 2. The van der Waals surface area contributed by atoms with Gasteiger partial charge in [0.25, 0.3) is 0 Å². The fourth-order valence-electron chi connectivity index (χ4n) is 5.73. The molecule has 29 heavy (non-hydrogen) atoms. The number of nitrogens with zero attached hydrogens (tertiary/aromatic N) is 3. The predicted molar refractivity (Wildman–Crippen MR) is 118 cm³/mol. The predicted octanol–water partition coefficient (Wildman–Crippen LogP) is 4.04. The first-order valence-electron chi connectivity index (χ1n) is 11.8. The second-order valence-electron chi connectivity index (χ2n) is 9.15. The molecule has 1 aromatic heterocycles. The van der Waals surface area contributed by atoms with Crippen molar-refractivity contribution in [3.63, 3.8) is 0 Å². The largest absolute Gasteiger partial charge is 0.396 e. The first-order chi connectivity index (χ1) is 14.2. The van der Waals surface area contributed by atoms with Crippen LogP contribution in [0.2, 0.25) is 0 Å². The molecule has 5 heteroatoms. The second-order valence-corrected chi connectivity index (χ2v) is 9.15. The van der Waals surface area contributed by atoms with Crippen LogP contribution < -0.4 is 5.69 Å². The number of imidazole rings is 1. The number of hydrogen-bond donors (Lipinski definition) is 1. The van der Waals surface area contributed by atoms with Crippen LogP contribution in [0.25, 0.3) is 11.0 Å². The molecule has 2 atom stereocenters. The monoisotopic (exact) mass is 399 g/mol. The second kappa shape index (κ2) is 9.48. The summed E-state index contributed by atoms with van der Waals surface area (Å²) in [6.07, 6.45) is 10.6. The molecular weight excluding hydrogens is 362 g/mol. The lowest BCUT2D eigenvalue weighted by Gasteiger charge is -2.40. The van der Waals surface area contributed by atoms with E-state index < -0.39 is 0 Å². The van der Waals surface area contributed by atoms with E-state index in [1.807, 2.05) is 34.3 Å². The average Bonchev–Trinajstić information content (AvgIpc) is 3.00. The van der Waals surface area contributed by atoms with E-state index in [2.05, 4.69) is 11.0 Å². The van der Waals surface area contributed by atoms with Crippen LogP contribution in [0, 0.1) is 11.8 Å². The lowest BCUT2D eigenvalue weighted by molar-refractivity contribution is 0.0647. The van der Waals surface area contributed by atoms with E-state index in [9.17, 15) is 9.90 Å². The van der Waals surface area contributed by atoms with Crippen LogP contribution in [-0.2, 0) is 6.54 Å². The van der Waals surface area contributed by atoms with Crippen LogP contribution in [0.15, 0.2) is 29.1 Å². The van der Waals surface area contributed by atoms with Crippen LogP contribution in [0.3, 0.4) is 0 Å². The first-order valence-corrected chi connectivity index (χ1v) is 11.8. The van der Waals surface area contributed by atoms with Gasteiger partial charge in [0.1, 0.15) is 0 Å². The van der Waals surface area contributed by atoms with Gasteiger partial charge in [-0.3, -0.25) is 9.13 Å². The Kier molecular flexibility index (Phi) is 6.76. The third-order valence-corrected chi connectivity index (χ3v) is 7.27. The molecule has 0 radical (unpaired) electrons. The van der Waals surface area contributed by atoms with E-state index in [-0.39, 0.29) is 24.3 Å². The summed E-state index contributed by atoms with van der Waals surface area (Å²) < 4.78 is 3.84. The first kappa shape index (κ1) is 20.7. The number of aromatic nitrogens is 2. The Bertz CT molecular complexity index is 847. The maximum atomic E-state index is 13.2. The molecule has 1 aliphatic heterocycles. The van der Waals surface area contributed by atoms with Crippen LogP contribution in [-0.4, -0.2) is 45.4 Å². The van der Waals surface area contributed by atoms with E-state index in [0.29, 0.717) is 6.54 Å². The van der Waals surface area contributed by atoms with Crippen LogP contribution in [0.4, 0.5) is 0 Å². The van der Waals surface area contributed by atoms with Gasteiger partial charge in [-0.15, -0.1) is 0 Å². The highest BCUT2D eigenvalue weighted by Crippen LogP contribution is 2.32. The van der Waals surface area contributed by atoms with Gasteiger partial charge in [0.05, 0.1) is 11.0 Å². The number of rotatable bonds is 5. The summed E-state index contributed by atoms with van der Waals surface area (Å²) in [5, 5.41) is 10.2. The molecule has 2 aromatic rings. The van der Waals surface area contributed by atoms with Crippen molar-refractivity contribution in [3.05, 3.63) is 34.7 Å². The normalized spacial score (nSPS) is 25.2. The Morgan fingerprint density at radius 1 is 1.00 bits per heavy atom. The molecule has 2 heterocycles. The molecule has 5 nitrogen and oxygen atoms in total. The molecule has 2 aliphatic rings. The van der Waals surface area contributed by atoms with Crippen molar-refractivity contribution in [2.24, 2.45) is 11.8 Å². The van der Waals surface area contributed by atoms with Crippen molar-refractivity contribution in [1.29, 1.82) is 0 Å². The van der Waals surface area contributed by atoms with Crippen molar-refractivity contribution < 1.29 is 5.11 Å². The maximum absolute atomic E-state index is 13.2. The Balaban J connectivity index is 1.52. The van der Waals surface area contributed by atoms with Gasteiger partial charge in [0, 0.05) is 44.7 Å². The lowest BCUT2D eigenvalue weighted by Crippen LogP contribution is -2.46.